The smallest absolute Gasteiger partial charge is 0.264 e. The lowest BCUT2D eigenvalue weighted by atomic mass is 10.1. The van der Waals surface area contributed by atoms with Crippen LogP contribution in [0.5, 0.6) is 0 Å². The minimum absolute atomic E-state index is 0.0493. The number of carbonyl (C=O) groups excluding carboxylic acids is 2. The molecule has 7 nitrogen and oxygen atoms in total. The minimum Gasteiger partial charge on any atom is -0.352 e. The molecule has 2 amide bonds. The first-order valence-electron chi connectivity index (χ1n) is 12.2. The third kappa shape index (κ3) is 7.16. The average molecular weight is 544 g/mol. The average Bonchev–Trinajstić information content (AvgIpc) is 2.89. The van der Waals surface area contributed by atoms with Gasteiger partial charge in [-0.2, -0.15) is 0 Å². The van der Waals surface area contributed by atoms with Crippen molar-refractivity contribution >= 4 is 27.5 Å². The van der Waals surface area contributed by atoms with Crippen LogP contribution < -0.4 is 9.62 Å². The molecule has 0 aliphatic carbocycles. The zero-order valence-electron chi connectivity index (χ0n) is 21.5. The highest BCUT2D eigenvalue weighted by Crippen LogP contribution is 2.25. The van der Waals surface area contributed by atoms with Gasteiger partial charge in [-0.1, -0.05) is 37.3 Å². The molecule has 3 aromatic rings. The van der Waals surface area contributed by atoms with E-state index in [2.05, 4.69) is 5.32 Å². The fourth-order valence-corrected chi connectivity index (χ4v) is 5.38. The molecule has 0 aliphatic heterocycles. The van der Waals surface area contributed by atoms with Crippen molar-refractivity contribution in [3.8, 4) is 0 Å². The van der Waals surface area contributed by atoms with Crippen LogP contribution in [0.1, 0.15) is 32.8 Å². The molecule has 0 saturated carbocycles. The zero-order chi connectivity index (χ0) is 27.9. The Hall–Kier alpha value is -3.79. The van der Waals surface area contributed by atoms with Crippen LogP contribution in [-0.2, 0) is 26.2 Å². The zero-order valence-corrected chi connectivity index (χ0v) is 22.3. The van der Waals surface area contributed by atoms with Crippen LogP contribution in [-0.4, -0.2) is 43.8 Å². The lowest BCUT2D eigenvalue weighted by Crippen LogP contribution is -2.53. The Bertz CT molecular complexity index is 1330. The number of halogens is 2. The summed E-state index contributed by atoms with van der Waals surface area (Å²) in [6.07, 6.45) is 0.257. The summed E-state index contributed by atoms with van der Waals surface area (Å²) in [5, 5.41) is 2.80. The topological polar surface area (TPSA) is 86.8 Å². The van der Waals surface area contributed by atoms with Crippen molar-refractivity contribution in [3.63, 3.8) is 0 Å². The Morgan fingerprint density at radius 1 is 0.868 bits per heavy atom. The number of hydrogen-bond acceptors (Lipinski definition) is 4. The van der Waals surface area contributed by atoms with Gasteiger partial charge in [0.25, 0.3) is 10.0 Å². The SMILES string of the molecule is CCC(C(=O)NC(C)C)N(Cc1ccc(F)cc1)C(=O)CN(c1ccc(F)cc1)S(=O)(=O)c1ccccc1. The Balaban J connectivity index is 2.04. The summed E-state index contributed by atoms with van der Waals surface area (Å²) >= 11 is 0. The number of rotatable bonds is 11. The highest BCUT2D eigenvalue weighted by Gasteiger charge is 2.33. The van der Waals surface area contributed by atoms with Crippen molar-refractivity contribution in [1.29, 1.82) is 0 Å². The summed E-state index contributed by atoms with van der Waals surface area (Å²) in [6.45, 7) is 4.63. The number of benzene rings is 3. The van der Waals surface area contributed by atoms with Crippen molar-refractivity contribution < 1.29 is 26.8 Å². The molecule has 1 unspecified atom stereocenters. The van der Waals surface area contributed by atoms with E-state index in [9.17, 15) is 26.8 Å². The molecule has 38 heavy (non-hydrogen) atoms. The van der Waals surface area contributed by atoms with Crippen LogP contribution in [0.25, 0.3) is 0 Å². The number of carbonyl (C=O) groups is 2. The quantitative estimate of drug-likeness (QED) is 0.386. The van der Waals surface area contributed by atoms with E-state index in [4.69, 9.17) is 0 Å². The summed E-state index contributed by atoms with van der Waals surface area (Å²) in [5.41, 5.74) is 0.653. The molecular weight excluding hydrogens is 512 g/mol. The predicted molar refractivity (Wildman–Crippen MR) is 142 cm³/mol. The molecular formula is C28H31F2N3O4S. The van der Waals surface area contributed by atoms with E-state index in [0.29, 0.717) is 5.56 Å². The number of sulfonamides is 1. The van der Waals surface area contributed by atoms with Gasteiger partial charge in [-0.05, 0) is 74.4 Å². The van der Waals surface area contributed by atoms with E-state index in [1.165, 1.54) is 53.4 Å². The maximum atomic E-state index is 13.8. The molecule has 3 aromatic carbocycles. The lowest BCUT2D eigenvalue weighted by molar-refractivity contribution is -0.140. The number of nitrogens with one attached hydrogen (secondary N) is 1. The number of anilines is 1. The summed E-state index contributed by atoms with van der Waals surface area (Å²) in [7, 11) is -4.23. The maximum absolute atomic E-state index is 13.8. The summed E-state index contributed by atoms with van der Waals surface area (Å²) < 4.78 is 55.3. The maximum Gasteiger partial charge on any atom is 0.264 e. The standard InChI is InChI=1S/C28H31F2N3O4S/c1-4-26(28(35)31-20(2)3)32(18-21-10-12-22(29)13-11-21)27(34)19-33(24-16-14-23(30)15-17-24)38(36,37)25-8-6-5-7-9-25/h5-17,20,26H,4,18-19H2,1-3H3,(H,31,35). The first-order chi connectivity index (χ1) is 18.0. The molecule has 3 rings (SSSR count). The molecule has 0 radical (unpaired) electrons. The third-order valence-corrected chi connectivity index (χ3v) is 7.60. The van der Waals surface area contributed by atoms with E-state index < -0.39 is 46.1 Å². The minimum atomic E-state index is -4.23. The first-order valence-corrected chi connectivity index (χ1v) is 13.6. The van der Waals surface area contributed by atoms with E-state index in [0.717, 1.165) is 16.4 Å². The van der Waals surface area contributed by atoms with E-state index in [1.54, 1.807) is 39.0 Å². The normalized spacial score (nSPS) is 12.2. The largest absolute Gasteiger partial charge is 0.352 e. The first kappa shape index (κ1) is 28.8. The molecule has 0 aromatic heterocycles. The summed E-state index contributed by atoms with van der Waals surface area (Å²) in [5.74, 6) is -2.06. The van der Waals surface area contributed by atoms with Crippen LogP contribution in [0.4, 0.5) is 14.5 Å². The van der Waals surface area contributed by atoms with Crippen LogP contribution >= 0.6 is 0 Å². The van der Waals surface area contributed by atoms with Crippen molar-refractivity contribution in [2.24, 2.45) is 0 Å². The van der Waals surface area contributed by atoms with Crippen LogP contribution in [0.2, 0.25) is 0 Å². The second kappa shape index (κ2) is 12.6. The Morgan fingerprint density at radius 3 is 1.95 bits per heavy atom. The second-order valence-electron chi connectivity index (χ2n) is 9.04. The Morgan fingerprint density at radius 2 is 1.42 bits per heavy atom. The summed E-state index contributed by atoms with van der Waals surface area (Å²) in [4.78, 5) is 28.1. The van der Waals surface area contributed by atoms with Crippen LogP contribution in [0, 0.1) is 11.6 Å². The number of amides is 2. The third-order valence-electron chi connectivity index (χ3n) is 5.81. The Labute approximate surface area is 222 Å². The highest BCUT2D eigenvalue weighted by atomic mass is 32.2. The van der Waals surface area contributed by atoms with Crippen molar-refractivity contribution in [2.75, 3.05) is 10.8 Å². The number of hydrogen-bond donors (Lipinski definition) is 1. The van der Waals surface area contributed by atoms with Gasteiger partial charge in [-0.3, -0.25) is 13.9 Å². The molecule has 0 saturated heterocycles. The van der Waals surface area contributed by atoms with E-state index >= 15 is 0 Å². The van der Waals surface area contributed by atoms with E-state index in [-0.39, 0.29) is 29.6 Å². The van der Waals surface area contributed by atoms with Gasteiger partial charge in [0.2, 0.25) is 11.8 Å². The van der Waals surface area contributed by atoms with Gasteiger partial charge in [-0.15, -0.1) is 0 Å². The van der Waals surface area contributed by atoms with Crippen molar-refractivity contribution in [2.45, 2.75) is 50.7 Å². The predicted octanol–water partition coefficient (Wildman–Crippen LogP) is 4.49. The number of nitrogens with zero attached hydrogens (tertiary/aromatic N) is 2. The fourth-order valence-electron chi connectivity index (χ4n) is 3.94. The molecule has 0 aliphatic rings. The molecule has 202 valence electrons. The molecule has 0 heterocycles. The van der Waals surface area contributed by atoms with Crippen LogP contribution in [0.15, 0.2) is 83.8 Å². The lowest BCUT2D eigenvalue weighted by Gasteiger charge is -2.33. The molecule has 10 heteroatoms. The Kier molecular flexibility index (Phi) is 9.57. The monoisotopic (exact) mass is 543 g/mol. The molecule has 1 atom stereocenters. The van der Waals surface area contributed by atoms with Crippen molar-refractivity contribution in [1.82, 2.24) is 10.2 Å². The highest BCUT2D eigenvalue weighted by molar-refractivity contribution is 7.92. The van der Waals surface area contributed by atoms with Crippen molar-refractivity contribution in [3.05, 3.63) is 96.1 Å². The van der Waals surface area contributed by atoms with Gasteiger partial charge >= 0.3 is 0 Å². The molecule has 0 bridgehead atoms. The van der Waals surface area contributed by atoms with Gasteiger partial charge in [0.1, 0.15) is 24.2 Å². The summed E-state index contributed by atoms with van der Waals surface area (Å²) in [6, 6.07) is 16.7. The molecule has 1 N–H and O–H groups in total. The van der Waals surface area contributed by atoms with Gasteiger partial charge in [-0.25, -0.2) is 17.2 Å². The second-order valence-corrected chi connectivity index (χ2v) is 10.9. The van der Waals surface area contributed by atoms with Crippen LogP contribution in [0.3, 0.4) is 0 Å². The fraction of sp³-hybridized carbons (Fsp3) is 0.286. The van der Waals surface area contributed by atoms with Gasteiger partial charge in [0.05, 0.1) is 10.6 Å². The van der Waals surface area contributed by atoms with E-state index in [1.807, 2.05) is 0 Å². The van der Waals surface area contributed by atoms with Gasteiger partial charge < -0.3 is 10.2 Å². The van der Waals surface area contributed by atoms with Gasteiger partial charge in [0, 0.05) is 12.6 Å². The van der Waals surface area contributed by atoms with Gasteiger partial charge in [0.15, 0.2) is 0 Å². The molecule has 0 fully saturated rings. The molecule has 0 spiro atoms.